The van der Waals surface area contributed by atoms with Crippen LogP contribution in [0.5, 0.6) is 0 Å². The van der Waals surface area contributed by atoms with E-state index in [2.05, 4.69) is 9.71 Å². The number of sulfonamides is 1. The van der Waals surface area contributed by atoms with Crippen LogP contribution >= 0.6 is 11.3 Å². The summed E-state index contributed by atoms with van der Waals surface area (Å²) in [5.41, 5.74) is 6.01. The van der Waals surface area contributed by atoms with E-state index in [4.69, 9.17) is 5.73 Å². The summed E-state index contributed by atoms with van der Waals surface area (Å²) in [6.07, 6.45) is 1.36. The number of thiophene rings is 1. The second-order valence-electron chi connectivity index (χ2n) is 3.87. The average molecular weight is 314 g/mol. The van der Waals surface area contributed by atoms with Crippen molar-refractivity contribution in [3.05, 3.63) is 40.2 Å². The first-order chi connectivity index (χ1) is 9.29. The van der Waals surface area contributed by atoms with E-state index in [9.17, 15) is 18.5 Å². The van der Waals surface area contributed by atoms with Gasteiger partial charge < -0.3 is 5.73 Å². The summed E-state index contributed by atoms with van der Waals surface area (Å²) in [5.74, 6) is 0. The van der Waals surface area contributed by atoms with Crippen LogP contribution < -0.4 is 10.5 Å². The van der Waals surface area contributed by atoms with E-state index < -0.39 is 20.6 Å². The minimum atomic E-state index is -3.92. The third-order valence-corrected chi connectivity index (χ3v) is 5.15. The van der Waals surface area contributed by atoms with Gasteiger partial charge in [-0.15, -0.1) is 0 Å². The zero-order valence-electron chi connectivity index (χ0n) is 10.2. The Morgan fingerprint density at radius 3 is 2.65 bits per heavy atom. The lowest BCUT2D eigenvalue weighted by Crippen LogP contribution is -2.11. The summed E-state index contributed by atoms with van der Waals surface area (Å²) >= 11 is 0.637. The van der Waals surface area contributed by atoms with Crippen LogP contribution in [0, 0.1) is 17.0 Å². The number of rotatable bonds is 4. The Kier molecular flexibility index (Phi) is 3.59. The minimum absolute atomic E-state index is 0.155. The van der Waals surface area contributed by atoms with E-state index in [-0.39, 0.29) is 14.9 Å². The van der Waals surface area contributed by atoms with Crippen LogP contribution in [0.2, 0.25) is 0 Å². The molecule has 0 aromatic carbocycles. The van der Waals surface area contributed by atoms with Crippen molar-refractivity contribution in [1.29, 1.82) is 0 Å². The smallest absolute Gasteiger partial charge is 0.304 e. The summed E-state index contributed by atoms with van der Waals surface area (Å²) in [4.78, 5) is 13.9. The van der Waals surface area contributed by atoms with Crippen molar-refractivity contribution in [2.45, 2.75) is 11.1 Å². The molecule has 0 atom stereocenters. The van der Waals surface area contributed by atoms with Gasteiger partial charge in [0.05, 0.1) is 16.8 Å². The highest BCUT2D eigenvalue weighted by atomic mass is 32.2. The summed E-state index contributed by atoms with van der Waals surface area (Å²) in [6, 6.07) is 4.12. The third kappa shape index (κ3) is 2.86. The van der Waals surface area contributed by atoms with Gasteiger partial charge in [0.15, 0.2) is 5.00 Å². The molecule has 3 N–H and O–H groups in total. The van der Waals surface area contributed by atoms with Crippen molar-refractivity contribution in [3.8, 4) is 0 Å². The van der Waals surface area contributed by atoms with Gasteiger partial charge in [0.25, 0.3) is 10.0 Å². The molecule has 0 radical (unpaired) electrons. The lowest BCUT2D eigenvalue weighted by Gasteiger charge is -2.05. The van der Waals surface area contributed by atoms with Crippen LogP contribution in [0.15, 0.2) is 28.6 Å². The Morgan fingerprint density at radius 2 is 2.15 bits per heavy atom. The molecule has 2 heterocycles. The molecular formula is C10H10N4O4S2. The second kappa shape index (κ2) is 5.06. The van der Waals surface area contributed by atoms with Gasteiger partial charge >= 0.3 is 5.69 Å². The second-order valence-corrected chi connectivity index (χ2v) is 6.86. The SMILES string of the molecule is Cc1ccc(NS(=O)(=O)c2cc([N+](=O)[O-])c(N)s2)cn1. The Hall–Kier alpha value is -2.20. The van der Waals surface area contributed by atoms with Crippen LogP contribution in [-0.2, 0) is 10.0 Å². The molecular weight excluding hydrogens is 304 g/mol. The van der Waals surface area contributed by atoms with Crippen molar-refractivity contribution in [2.24, 2.45) is 0 Å². The summed E-state index contributed by atoms with van der Waals surface area (Å²) in [5, 5.41) is 10.5. The number of aryl methyl sites for hydroxylation is 1. The lowest BCUT2D eigenvalue weighted by molar-refractivity contribution is -0.383. The Labute approximate surface area is 118 Å². The molecule has 0 bridgehead atoms. The molecule has 0 aliphatic heterocycles. The molecule has 0 amide bonds. The highest BCUT2D eigenvalue weighted by Crippen LogP contribution is 2.35. The molecule has 0 unspecified atom stereocenters. The van der Waals surface area contributed by atoms with Gasteiger partial charge in [-0.2, -0.15) is 0 Å². The van der Waals surface area contributed by atoms with Crippen molar-refractivity contribution in [1.82, 2.24) is 4.98 Å². The molecule has 106 valence electrons. The molecule has 2 rings (SSSR count). The molecule has 2 aromatic rings. The van der Waals surface area contributed by atoms with Crippen molar-refractivity contribution in [2.75, 3.05) is 10.5 Å². The number of hydrogen-bond donors (Lipinski definition) is 2. The van der Waals surface area contributed by atoms with E-state index in [1.165, 1.54) is 6.20 Å². The average Bonchev–Trinajstić information content (AvgIpc) is 2.75. The normalized spacial score (nSPS) is 11.2. The van der Waals surface area contributed by atoms with Gasteiger partial charge in [-0.3, -0.25) is 19.8 Å². The van der Waals surface area contributed by atoms with Gasteiger partial charge in [-0.1, -0.05) is 11.3 Å². The summed E-state index contributed by atoms with van der Waals surface area (Å²) in [6.45, 7) is 1.77. The molecule has 0 fully saturated rings. The number of nitrogens with one attached hydrogen (secondary N) is 1. The monoisotopic (exact) mass is 314 g/mol. The number of nitro groups is 1. The van der Waals surface area contributed by atoms with Gasteiger partial charge in [0, 0.05) is 11.8 Å². The molecule has 0 spiro atoms. The first kappa shape index (κ1) is 14.2. The van der Waals surface area contributed by atoms with Crippen LogP contribution in [0.3, 0.4) is 0 Å². The predicted molar refractivity (Wildman–Crippen MR) is 75.2 cm³/mol. The highest BCUT2D eigenvalue weighted by Gasteiger charge is 2.24. The topological polar surface area (TPSA) is 128 Å². The van der Waals surface area contributed by atoms with Crippen LogP contribution in [0.25, 0.3) is 0 Å². The number of nitrogen functional groups attached to an aromatic ring is 1. The fourth-order valence-electron chi connectivity index (χ4n) is 1.38. The minimum Gasteiger partial charge on any atom is -0.385 e. The maximum Gasteiger partial charge on any atom is 0.304 e. The van der Waals surface area contributed by atoms with Crippen LogP contribution in [-0.4, -0.2) is 18.3 Å². The molecule has 0 saturated heterocycles. The fourth-order valence-corrected chi connectivity index (χ4v) is 3.64. The molecule has 8 nitrogen and oxygen atoms in total. The highest BCUT2D eigenvalue weighted by molar-refractivity contribution is 7.94. The Bertz CT molecular complexity index is 752. The third-order valence-electron chi connectivity index (χ3n) is 2.34. The number of aromatic nitrogens is 1. The van der Waals surface area contributed by atoms with Gasteiger partial charge in [0.1, 0.15) is 4.21 Å². The first-order valence-corrected chi connectivity index (χ1v) is 7.59. The largest absolute Gasteiger partial charge is 0.385 e. The van der Waals surface area contributed by atoms with Gasteiger partial charge in [-0.05, 0) is 19.1 Å². The Balaban J connectivity index is 2.33. The summed E-state index contributed by atoms with van der Waals surface area (Å²) < 4.78 is 26.2. The molecule has 2 aromatic heterocycles. The number of hydrogen-bond acceptors (Lipinski definition) is 7. The molecule has 10 heteroatoms. The predicted octanol–water partition coefficient (Wildman–Crippen LogP) is 1.74. The standard InChI is InChI=1S/C10H10N4O4S2/c1-6-2-3-7(5-12-6)13-20(17,18)9-4-8(14(15)16)10(11)19-9/h2-5,13H,11H2,1H3. The fraction of sp³-hybridized carbons (Fsp3) is 0.100. The molecule has 0 aliphatic rings. The summed E-state index contributed by atoms with van der Waals surface area (Å²) in [7, 11) is -3.92. The number of pyridine rings is 1. The quantitative estimate of drug-likeness (QED) is 0.653. The van der Waals surface area contributed by atoms with Crippen LogP contribution in [0.4, 0.5) is 16.4 Å². The molecule has 0 aliphatic carbocycles. The number of nitrogens with zero attached hydrogens (tertiary/aromatic N) is 2. The van der Waals surface area contributed by atoms with E-state index in [0.717, 1.165) is 11.8 Å². The van der Waals surface area contributed by atoms with Crippen molar-refractivity contribution < 1.29 is 13.3 Å². The molecule has 20 heavy (non-hydrogen) atoms. The lowest BCUT2D eigenvalue weighted by atomic mass is 10.4. The van der Waals surface area contributed by atoms with E-state index in [1.54, 1.807) is 19.1 Å². The van der Waals surface area contributed by atoms with Crippen molar-refractivity contribution >= 4 is 37.7 Å². The van der Waals surface area contributed by atoms with E-state index in [0.29, 0.717) is 11.3 Å². The Morgan fingerprint density at radius 1 is 1.45 bits per heavy atom. The number of anilines is 2. The maximum atomic E-state index is 12.1. The zero-order chi connectivity index (χ0) is 14.9. The van der Waals surface area contributed by atoms with Gasteiger partial charge in [-0.25, -0.2) is 8.42 Å². The first-order valence-electron chi connectivity index (χ1n) is 5.29. The zero-order valence-corrected chi connectivity index (χ0v) is 11.9. The number of nitrogens with two attached hydrogens (primary N) is 1. The van der Waals surface area contributed by atoms with Crippen LogP contribution in [0.1, 0.15) is 5.69 Å². The molecule has 0 saturated carbocycles. The maximum absolute atomic E-state index is 12.1. The van der Waals surface area contributed by atoms with E-state index >= 15 is 0 Å². The van der Waals surface area contributed by atoms with Crippen molar-refractivity contribution in [3.63, 3.8) is 0 Å². The van der Waals surface area contributed by atoms with Gasteiger partial charge in [0.2, 0.25) is 0 Å². The van der Waals surface area contributed by atoms with E-state index in [1.807, 2.05) is 0 Å².